The molecule has 0 N–H and O–H groups in total. The molecule has 92 heavy (non-hydrogen) atoms. The molecule has 2 aromatic carbocycles. The Morgan fingerprint density at radius 2 is 0.946 bits per heavy atom. The highest BCUT2D eigenvalue weighted by molar-refractivity contribution is 6.66. The van der Waals surface area contributed by atoms with Crippen molar-refractivity contribution in [2.24, 2.45) is 0 Å². The van der Waals surface area contributed by atoms with E-state index in [9.17, 15) is 24.0 Å². The molecule has 4 aliphatic carbocycles. The third-order valence-corrected chi connectivity index (χ3v) is 17.8. The number of piperazine rings is 2. The largest absolute Gasteiger partial charge is 0.444 e. The van der Waals surface area contributed by atoms with Crippen LogP contribution >= 0.6 is 34.8 Å². The van der Waals surface area contributed by atoms with E-state index < -0.39 is 33.9 Å². The highest BCUT2D eigenvalue weighted by atomic mass is 35.5. The van der Waals surface area contributed by atoms with Gasteiger partial charge in [0, 0.05) is 86.2 Å². The van der Waals surface area contributed by atoms with Crippen molar-refractivity contribution in [3.8, 4) is 33.9 Å². The van der Waals surface area contributed by atoms with Crippen molar-refractivity contribution in [2.45, 2.75) is 127 Å². The van der Waals surface area contributed by atoms with Crippen molar-refractivity contribution in [3.63, 3.8) is 0 Å². The van der Waals surface area contributed by atoms with Crippen LogP contribution in [0.25, 0.3) is 56.0 Å². The number of amides is 2. The van der Waals surface area contributed by atoms with Crippen molar-refractivity contribution in [3.05, 3.63) is 164 Å². The summed E-state index contributed by atoms with van der Waals surface area (Å²) in [7, 11) is 0. The summed E-state index contributed by atoms with van der Waals surface area (Å²) in [5.41, 5.74) is 4.46. The van der Waals surface area contributed by atoms with Crippen LogP contribution < -0.4 is 21.2 Å². The molecule has 6 aliphatic rings. The van der Waals surface area contributed by atoms with E-state index in [4.69, 9.17) is 49.5 Å². The Balaban J connectivity index is 0.000000166. The van der Waals surface area contributed by atoms with Gasteiger partial charge in [0.15, 0.2) is 11.3 Å². The summed E-state index contributed by atoms with van der Waals surface area (Å²) >= 11 is 18.4. The molecule has 2 saturated heterocycles. The van der Waals surface area contributed by atoms with Crippen molar-refractivity contribution in [2.75, 3.05) is 49.1 Å². The molecule has 0 radical (unpaired) electrons. The normalized spacial score (nSPS) is 18.2. The van der Waals surface area contributed by atoms with Gasteiger partial charge in [-0.05, 0) is 146 Å². The summed E-state index contributed by atoms with van der Waals surface area (Å²) in [5.74, 6) is 0.674. The van der Waals surface area contributed by atoms with Gasteiger partial charge >= 0.3 is 17.5 Å². The van der Waals surface area contributed by atoms with Gasteiger partial charge in [-0.15, -0.1) is 0 Å². The van der Waals surface area contributed by atoms with Crippen LogP contribution in [0.15, 0.2) is 108 Å². The van der Waals surface area contributed by atoms with E-state index in [1.54, 1.807) is 71.0 Å². The van der Waals surface area contributed by atoms with Crippen LogP contribution in [0.2, 0.25) is 10.0 Å². The first-order valence-corrected chi connectivity index (χ1v) is 32.0. The molecule has 25 heteroatoms. The Bertz CT molecular complexity index is 4350. The minimum absolute atomic E-state index is 0.140. The number of allylic oxidation sites excluding steroid dienone is 1. The first-order chi connectivity index (χ1) is 44.1. The van der Waals surface area contributed by atoms with Crippen LogP contribution in [0.5, 0.6) is 0 Å². The number of hydrogen-bond acceptors (Lipinski definition) is 16. The number of rotatable bonds is 12. The topological polar surface area (TPSA) is 221 Å². The highest BCUT2D eigenvalue weighted by Gasteiger charge is 2.40. The second-order valence-electron chi connectivity index (χ2n) is 25.0. The summed E-state index contributed by atoms with van der Waals surface area (Å²) in [6.45, 7) is 18.6. The smallest absolute Gasteiger partial charge is 0.410 e. The maximum absolute atomic E-state index is 15.1. The molecule has 6 aromatic heterocycles. The fourth-order valence-electron chi connectivity index (χ4n) is 12.0. The average molecular weight is 1310 g/mol. The number of hydrogen-bond donors (Lipinski definition) is 0. The maximum Gasteiger partial charge on any atom is 0.410 e. The van der Waals surface area contributed by atoms with E-state index in [2.05, 4.69) is 43.1 Å². The zero-order valence-corrected chi connectivity index (χ0v) is 53.7. The fraction of sp³-hybridized carbons (Fsp3) is 0.388. The Morgan fingerprint density at radius 3 is 1.28 bits per heavy atom. The molecule has 476 valence electrons. The average Bonchev–Trinajstić information content (AvgIpc) is 0.962. The molecule has 20 nitrogen and oxygen atoms in total. The van der Waals surface area contributed by atoms with Gasteiger partial charge in [0.05, 0.1) is 66.4 Å². The third kappa shape index (κ3) is 13.1. The molecule has 8 heterocycles. The first-order valence-electron chi connectivity index (χ1n) is 30.8. The van der Waals surface area contributed by atoms with Crippen LogP contribution in [0.3, 0.4) is 0 Å². The van der Waals surface area contributed by atoms with Gasteiger partial charge < -0.3 is 24.3 Å². The van der Waals surface area contributed by atoms with Gasteiger partial charge in [-0.2, -0.15) is 9.97 Å². The van der Waals surface area contributed by atoms with Crippen LogP contribution in [0, 0.1) is 11.6 Å². The number of carbonyl (C=O) groups is 3. The van der Waals surface area contributed by atoms with E-state index in [0.717, 1.165) is 80.2 Å². The number of nitrogens with zero attached hydrogens (tertiary/aromatic N) is 14. The standard InChI is InChI=1S/C33H35ClFN7O3.C31H29ClFN7O2.C3H3ClO/c1-18-16-40(32(44)45-33(2,3)4)13-14-41(18)29-22-15-23(34)27(21-7-5-6-8-24(21)35)38-30(22)42(31(43)39-29)28-25(19-9-10-19)36-17-37-26(28)20-11-12-20;1-3-24(41)38-12-13-39(17(2)15-38)29-21-14-22(32)27(20-6-4-5-7-23(20)33)36-30(21)40(31(42)37-29)28-25(18-8-9-18)34-16-35-26(28)19-10-11-19;1-2-3(4)5/h5-8,15,17-20H,9-14,16H2,1-4H3;3-7,14,16-19H,1,8-13,15H2,2H3;2H,1H2/t18-;17-;/m00./s1. The minimum Gasteiger partial charge on any atom is -0.444 e. The van der Waals surface area contributed by atoms with E-state index in [1.165, 1.54) is 27.3 Å². The van der Waals surface area contributed by atoms with E-state index in [-0.39, 0.29) is 80.3 Å². The molecule has 4 saturated carbocycles. The quantitative estimate of drug-likeness (QED) is 0.0820. The molecule has 0 bridgehead atoms. The summed E-state index contributed by atoms with van der Waals surface area (Å²) in [4.78, 5) is 108. The monoisotopic (exact) mass is 1310 g/mol. The Morgan fingerprint density at radius 1 is 0.576 bits per heavy atom. The number of benzene rings is 2. The number of pyridine rings is 2. The number of ether oxygens (including phenoxy) is 1. The summed E-state index contributed by atoms with van der Waals surface area (Å²) < 4.78 is 38.7. The van der Waals surface area contributed by atoms with Crippen LogP contribution in [-0.2, 0) is 14.3 Å². The minimum atomic E-state index is -0.613. The molecule has 0 unspecified atom stereocenters. The number of fused-ring (bicyclic) bond motifs is 2. The second kappa shape index (κ2) is 25.8. The van der Waals surface area contributed by atoms with Crippen LogP contribution in [-0.4, -0.2) is 133 Å². The Kier molecular flexibility index (Phi) is 17.8. The molecule has 8 aromatic rings. The molecule has 14 rings (SSSR count). The zero-order chi connectivity index (χ0) is 65.0. The lowest BCUT2D eigenvalue weighted by molar-refractivity contribution is -0.126. The Hall–Kier alpha value is -8.60. The maximum atomic E-state index is 15.1. The van der Waals surface area contributed by atoms with Gasteiger partial charge in [0.25, 0.3) is 0 Å². The number of carbonyl (C=O) groups excluding carboxylic acids is 3. The van der Waals surface area contributed by atoms with Gasteiger partial charge in [0.2, 0.25) is 11.1 Å². The first kappa shape index (κ1) is 63.5. The predicted molar refractivity (Wildman–Crippen MR) is 349 cm³/mol. The summed E-state index contributed by atoms with van der Waals surface area (Å²) in [6.07, 6.45) is 13.0. The predicted octanol–water partition coefficient (Wildman–Crippen LogP) is 12.2. The summed E-state index contributed by atoms with van der Waals surface area (Å²) in [6, 6.07) is 15.7. The lowest BCUT2D eigenvalue weighted by atomic mass is 10.1. The van der Waals surface area contributed by atoms with E-state index in [0.29, 0.717) is 84.3 Å². The number of aromatic nitrogens is 10. The highest BCUT2D eigenvalue weighted by Crippen LogP contribution is 2.50. The molecule has 2 aliphatic heterocycles. The second-order valence-corrected chi connectivity index (χ2v) is 26.2. The van der Waals surface area contributed by atoms with Gasteiger partial charge in [0.1, 0.15) is 41.5 Å². The van der Waals surface area contributed by atoms with Gasteiger partial charge in [-0.25, -0.2) is 62.2 Å². The molecule has 0 spiro atoms. The van der Waals surface area contributed by atoms with E-state index in [1.807, 2.05) is 44.4 Å². The van der Waals surface area contributed by atoms with Crippen LogP contribution in [0.1, 0.15) is 132 Å². The lowest BCUT2D eigenvalue weighted by Crippen LogP contribution is -2.55. The molecular formula is C67H67Cl3F2N14O6. The van der Waals surface area contributed by atoms with E-state index >= 15 is 8.78 Å². The number of anilines is 2. The van der Waals surface area contributed by atoms with Gasteiger partial charge in [-0.1, -0.05) is 60.6 Å². The summed E-state index contributed by atoms with van der Waals surface area (Å²) in [5, 5.41) is 1.06. The lowest BCUT2D eigenvalue weighted by Gasteiger charge is -2.41. The van der Waals surface area contributed by atoms with Crippen molar-refractivity contribution < 1.29 is 27.9 Å². The van der Waals surface area contributed by atoms with Gasteiger partial charge in [-0.3, -0.25) is 9.59 Å². The molecular weight excluding hydrogens is 1240 g/mol. The van der Waals surface area contributed by atoms with Crippen molar-refractivity contribution in [1.29, 1.82) is 0 Å². The third-order valence-electron chi connectivity index (χ3n) is 17.0. The Labute approximate surface area is 544 Å². The van der Waals surface area contributed by atoms with Crippen molar-refractivity contribution in [1.82, 2.24) is 58.8 Å². The SMILES string of the molecule is C=CC(=O)Cl.C=CC(=O)N1CCN(c2nc(=O)n(-c3c(C4CC4)ncnc3C3CC3)c3nc(-c4ccccc4F)c(Cl)cc23)[C@@H](C)C1.C[C@H]1CN(C(=O)OC(C)(C)C)CCN1c1nc(=O)n(-c2c(C3CC3)ncnc2C2CC2)c2nc(-c3ccccc3F)c(Cl)cc12. The molecule has 2 amide bonds. The van der Waals surface area contributed by atoms with Crippen molar-refractivity contribution >= 4 is 85.7 Å². The molecule has 2 atom stereocenters. The molecule has 6 fully saturated rings. The number of halogens is 5. The fourth-order valence-corrected chi connectivity index (χ4v) is 12.5. The van der Waals surface area contributed by atoms with Crippen LogP contribution in [0.4, 0.5) is 25.2 Å². The zero-order valence-electron chi connectivity index (χ0n) is 51.5.